The molecule has 2 rings (SSSR count). The molecule has 20 heavy (non-hydrogen) atoms. The number of aromatic nitrogens is 2. The molecule has 0 unspecified atom stereocenters. The molecule has 1 aromatic heterocycles. The monoisotopic (exact) mass is 335 g/mol. The van der Waals surface area contributed by atoms with E-state index >= 15 is 0 Å². The summed E-state index contributed by atoms with van der Waals surface area (Å²) in [7, 11) is 0. The zero-order valence-corrected chi connectivity index (χ0v) is 12.2. The molecule has 6 nitrogen and oxygen atoms in total. The van der Waals surface area contributed by atoms with Crippen LogP contribution < -0.4 is 16.4 Å². The molecule has 2 aromatic rings. The highest BCUT2D eigenvalue weighted by Crippen LogP contribution is 2.24. The van der Waals surface area contributed by atoms with Gasteiger partial charge in [-0.05, 0) is 27.6 Å². The lowest BCUT2D eigenvalue weighted by Crippen LogP contribution is -2.34. The molecule has 0 atom stereocenters. The van der Waals surface area contributed by atoms with Crippen molar-refractivity contribution < 1.29 is 4.79 Å². The summed E-state index contributed by atoms with van der Waals surface area (Å²) in [6, 6.07) is 7.46. The number of carbonyl (C=O) groups excluding carboxylic acids is 1. The zero-order chi connectivity index (χ0) is 14.5. The number of hydrogen-bond donors (Lipinski definition) is 2. The highest BCUT2D eigenvalue weighted by Gasteiger charge is 2.15. The third-order valence-electron chi connectivity index (χ3n) is 2.71. The molecule has 1 heterocycles. The number of nitrogen functional groups attached to an aromatic ring is 1. The minimum absolute atomic E-state index is 0.0456. The fourth-order valence-corrected chi connectivity index (χ4v) is 2.29. The van der Waals surface area contributed by atoms with Gasteiger partial charge in [-0.25, -0.2) is 9.97 Å². The Morgan fingerprint density at radius 3 is 2.75 bits per heavy atom. The van der Waals surface area contributed by atoms with Crippen molar-refractivity contribution >= 4 is 33.3 Å². The van der Waals surface area contributed by atoms with E-state index in [2.05, 4.69) is 25.9 Å². The standard InChI is InChI=1S/C13H14BrN5O/c14-10-5-17-8-18-13(10)19(7-12(16)20)6-9-3-1-2-4-11(9)15/h1-5,8H,6-7,15H2,(H2,16,20). The Labute approximate surface area is 124 Å². The molecule has 0 spiro atoms. The number of para-hydroxylation sites is 1. The second-order valence-electron chi connectivity index (χ2n) is 4.22. The first-order valence-electron chi connectivity index (χ1n) is 5.90. The maximum atomic E-state index is 11.3. The molecule has 1 amide bonds. The van der Waals surface area contributed by atoms with Crippen LogP contribution >= 0.6 is 15.9 Å². The highest BCUT2D eigenvalue weighted by atomic mass is 79.9. The van der Waals surface area contributed by atoms with E-state index in [4.69, 9.17) is 11.5 Å². The number of halogens is 1. The van der Waals surface area contributed by atoms with Crippen molar-refractivity contribution in [2.75, 3.05) is 17.2 Å². The number of nitrogens with zero attached hydrogens (tertiary/aromatic N) is 3. The average Bonchev–Trinajstić information content (AvgIpc) is 2.40. The molecule has 0 bridgehead atoms. The molecule has 0 aliphatic carbocycles. The van der Waals surface area contributed by atoms with Crippen molar-refractivity contribution in [1.29, 1.82) is 0 Å². The predicted molar refractivity (Wildman–Crippen MR) is 80.8 cm³/mol. The van der Waals surface area contributed by atoms with Gasteiger partial charge in [0, 0.05) is 18.4 Å². The number of rotatable bonds is 5. The van der Waals surface area contributed by atoms with Crippen LogP contribution in [0.1, 0.15) is 5.56 Å². The second kappa shape index (κ2) is 6.33. The fraction of sp³-hybridized carbons (Fsp3) is 0.154. The first kappa shape index (κ1) is 14.3. The third kappa shape index (κ3) is 3.45. The molecule has 0 saturated carbocycles. The minimum atomic E-state index is -0.440. The van der Waals surface area contributed by atoms with Crippen LogP contribution in [-0.2, 0) is 11.3 Å². The normalized spacial score (nSPS) is 10.2. The number of primary amides is 1. The van der Waals surface area contributed by atoms with E-state index in [1.165, 1.54) is 6.33 Å². The molecule has 0 fully saturated rings. The van der Waals surface area contributed by atoms with Crippen LogP contribution in [0.4, 0.5) is 11.5 Å². The topological polar surface area (TPSA) is 98.1 Å². The first-order chi connectivity index (χ1) is 9.58. The lowest BCUT2D eigenvalue weighted by atomic mass is 10.1. The van der Waals surface area contributed by atoms with Gasteiger partial charge in [0.1, 0.15) is 12.1 Å². The van der Waals surface area contributed by atoms with Gasteiger partial charge in [-0.15, -0.1) is 0 Å². The summed E-state index contributed by atoms with van der Waals surface area (Å²) in [5, 5.41) is 0. The summed E-state index contributed by atoms with van der Waals surface area (Å²) in [5.41, 5.74) is 12.8. The van der Waals surface area contributed by atoms with E-state index in [0.29, 0.717) is 22.5 Å². The van der Waals surface area contributed by atoms with E-state index in [9.17, 15) is 4.79 Å². The van der Waals surface area contributed by atoms with Gasteiger partial charge in [0.15, 0.2) is 0 Å². The van der Waals surface area contributed by atoms with Crippen LogP contribution in [0, 0.1) is 0 Å². The van der Waals surface area contributed by atoms with Gasteiger partial charge in [0.2, 0.25) is 5.91 Å². The number of benzene rings is 1. The van der Waals surface area contributed by atoms with E-state index in [-0.39, 0.29) is 6.54 Å². The van der Waals surface area contributed by atoms with E-state index in [1.807, 2.05) is 24.3 Å². The second-order valence-corrected chi connectivity index (χ2v) is 5.07. The van der Waals surface area contributed by atoms with Crippen LogP contribution in [0.5, 0.6) is 0 Å². The summed E-state index contributed by atoms with van der Waals surface area (Å²) in [6.07, 6.45) is 3.03. The van der Waals surface area contributed by atoms with Crippen molar-refractivity contribution in [3.8, 4) is 0 Å². The Morgan fingerprint density at radius 1 is 1.35 bits per heavy atom. The molecule has 0 aliphatic heterocycles. The number of hydrogen-bond acceptors (Lipinski definition) is 5. The molecule has 0 saturated heterocycles. The third-order valence-corrected chi connectivity index (χ3v) is 3.27. The Morgan fingerprint density at radius 2 is 2.10 bits per heavy atom. The van der Waals surface area contributed by atoms with Crippen LogP contribution in [0.15, 0.2) is 41.3 Å². The van der Waals surface area contributed by atoms with Crippen molar-refractivity contribution in [2.45, 2.75) is 6.54 Å². The molecule has 1 aromatic carbocycles. The van der Waals surface area contributed by atoms with Crippen LogP contribution in [0.3, 0.4) is 0 Å². The van der Waals surface area contributed by atoms with E-state index < -0.39 is 5.91 Å². The van der Waals surface area contributed by atoms with Gasteiger partial charge in [0.25, 0.3) is 0 Å². The van der Waals surface area contributed by atoms with Crippen LogP contribution in [-0.4, -0.2) is 22.4 Å². The maximum absolute atomic E-state index is 11.3. The Hall–Kier alpha value is -2.15. The van der Waals surface area contributed by atoms with Crippen molar-refractivity contribution in [3.05, 3.63) is 46.8 Å². The van der Waals surface area contributed by atoms with Gasteiger partial charge >= 0.3 is 0 Å². The smallest absolute Gasteiger partial charge is 0.237 e. The Kier molecular flexibility index (Phi) is 4.52. The largest absolute Gasteiger partial charge is 0.398 e. The number of anilines is 2. The van der Waals surface area contributed by atoms with Crippen LogP contribution in [0.25, 0.3) is 0 Å². The molecular weight excluding hydrogens is 322 g/mol. The zero-order valence-electron chi connectivity index (χ0n) is 10.7. The van der Waals surface area contributed by atoms with E-state index in [0.717, 1.165) is 5.56 Å². The molecule has 104 valence electrons. The summed E-state index contributed by atoms with van der Waals surface area (Å²) in [5.74, 6) is 0.159. The SMILES string of the molecule is NC(=O)CN(Cc1ccccc1N)c1ncncc1Br. The molecule has 4 N–H and O–H groups in total. The van der Waals surface area contributed by atoms with Gasteiger partial charge in [-0.3, -0.25) is 4.79 Å². The first-order valence-corrected chi connectivity index (χ1v) is 6.69. The van der Waals surface area contributed by atoms with Gasteiger partial charge in [0.05, 0.1) is 11.0 Å². The van der Waals surface area contributed by atoms with Crippen molar-refractivity contribution in [3.63, 3.8) is 0 Å². The minimum Gasteiger partial charge on any atom is -0.398 e. The Balaban J connectivity index is 2.32. The highest BCUT2D eigenvalue weighted by molar-refractivity contribution is 9.10. The summed E-state index contributed by atoms with van der Waals surface area (Å²) >= 11 is 3.37. The Bertz CT molecular complexity index is 619. The van der Waals surface area contributed by atoms with E-state index in [1.54, 1.807) is 11.1 Å². The van der Waals surface area contributed by atoms with Gasteiger partial charge < -0.3 is 16.4 Å². The van der Waals surface area contributed by atoms with Crippen LogP contribution in [0.2, 0.25) is 0 Å². The van der Waals surface area contributed by atoms with Gasteiger partial charge in [-0.2, -0.15) is 0 Å². The molecule has 0 aliphatic rings. The average molecular weight is 336 g/mol. The number of carbonyl (C=O) groups is 1. The summed E-state index contributed by atoms with van der Waals surface area (Å²) < 4.78 is 0.691. The lowest BCUT2D eigenvalue weighted by molar-refractivity contribution is -0.116. The molecule has 7 heteroatoms. The lowest BCUT2D eigenvalue weighted by Gasteiger charge is -2.23. The number of amides is 1. The summed E-state index contributed by atoms with van der Waals surface area (Å²) in [4.78, 5) is 21.1. The predicted octanol–water partition coefficient (Wildman–Crippen LogP) is 1.31. The molecular formula is C13H14BrN5O. The van der Waals surface area contributed by atoms with Crippen molar-refractivity contribution in [1.82, 2.24) is 9.97 Å². The number of nitrogens with two attached hydrogens (primary N) is 2. The van der Waals surface area contributed by atoms with Crippen molar-refractivity contribution in [2.24, 2.45) is 5.73 Å². The quantitative estimate of drug-likeness (QED) is 0.803. The van der Waals surface area contributed by atoms with Gasteiger partial charge in [-0.1, -0.05) is 18.2 Å². The fourth-order valence-electron chi connectivity index (χ4n) is 1.82. The summed E-state index contributed by atoms with van der Waals surface area (Å²) in [6.45, 7) is 0.481. The maximum Gasteiger partial charge on any atom is 0.237 e. The molecule has 0 radical (unpaired) electrons.